The van der Waals surface area contributed by atoms with E-state index in [0.29, 0.717) is 24.5 Å². The lowest BCUT2D eigenvalue weighted by atomic mass is 9.94. The van der Waals surface area contributed by atoms with E-state index in [2.05, 4.69) is 0 Å². The van der Waals surface area contributed by atoms with Gasteiger partial charge in [0.05, 0.1) is 36.9 Å². The van der Waals surface area contributed by atoms with E-state index in [-0.39, 0.29) is 32.4 Å². The Morgan fingerprint density at radius 3 is 1.51 bits per heavy atom. The molecule has 1 heterocycles. The van der Waals surface area contributed by atoms with Crippen LogP contribution in [0.4, 0.5) is 0 Å². The van der Waals surface area contributed by atoms with Gasteiger partial charge in [0.15, 0.2) is 16.2 Å². The van der Waals surface area contributed by atoms with Gasteiger partial charge in [-0.1, -0.05) is 130 Å². The van der Waals surface area contributed by atoms with Crippen molar-refractivity contribution in [1.82, 2.24) is 0 Å². The summed E-state index contributed by atoms with van der Waals surface area (Å²) in [5, 5.41) is 21.4. The van der Waals surface area contributed by atoms with Crippen LogP contribution in [0.15, 0.2) is 115 Å². The summed E-state index contributed by atoms with van der Waals surface area (Å²) in [6.45, 7) is 4.56. The lowest BCUT2D eigenvalue weighted by molar-refractivity contribution is -0.139. The van der Waals surface area contributed by atoms with Crippen LogP contribution in [-0.2, 0) is 59.0 Å². The zero-order valence-electron chi connectivity index (χ0n) is 31.7. The quantitative estimate of drug-likeness (QED) is 0.0638. The summed E-state index contributed by atoms with van der Waals surface area (Å²) in [6.07, 6.45) is -2.72. The van der Waals surface area contributed by atoms with Crippen molar-refractivity contribution in [2.75, 3.05) is 19.6 Å². The zero-order chi connectivity index (χ0) is 39.1. The van der Waals surface area contributed by atoms with E-state index < -0.39 is 52.3 Å². The van der Waals surface area contributed by atoms with Gasteiger partial charge in [0.2, 0.25) is 0 Å². The van der Waals surface area contributed by atoms with Crippen molar-refractivity contribution in [3.63, 3.8) is 0 Å². The molecule has 12 heteroatoms. The molecule has 55 heavy (non-hydrogen) atoms. The van der Waals surface area contributed by atoms with Crippen molar-refractivity contribution in [3.05, 3.63) is 138 Å². The standard InChI is InChI=1S/C43H55O10PS/c1-3-5-25-52-54(46,53-26-6-4-2)32-51-37-24-16-23-36(27-37)31-50-43-39(29-34-19-12-8-13-20-34)55(47,48)38(28-33-17-10-7-11-18-33)42(40(44)41(43)45)49-30-35-21-14-9-15-22-35/h7-24,27,38-45H,3-6,25-26,28-32H2,1-2H3/t38-,39-,40-,41-,42+,43+/m1/s1. The lowest BCUT2D eigenvalue weighted by Gasteiger charge is -2.31. The molecule has 6 atom stereocenters. The Morgan fingerprint density at radius 2 is 1.04 bits per heavy atom. The van der Waals surface area contributed by atoms with Crippen molar-refractivity contribution in [1.29, 1.82) is 0 Å². The second kappa shape index (κ2) is 21.2. The third kappa shape index (κ3) is 12.3. The Bertz CT molecular complexity index is 1850. The Balaban J connectivity index is 1.42. The predicted molar refractivity (Wildman–Crippen MR) is 214 cm³/mol. The summed E-state index contributed by atoms with van der Waals surface area (Å²) in [5.41, 5.74) is 2.93. The van der Waals surface area contributed by atoms with Crippen LogP contribution >= 0.6 is 7.60 Å². The largest absolute Gasteiger partial charge is 0.481 e. The van der Waals surface area contributed by atoms with Crippen LogP contribution in [0.1, 0.15) is 61.8 Å². The maximum absolute atomic E-state index is 15.0. The van der Waals surface area contributed by atoms with Crippen LogP contribution in [0, 0.1) is 0 Å². The molecule has 0 radical (unpaired) electrons. The highest BCUT2D eigenvalue weighted by Gasteiger charge is 2.54. The molecule has 4 aromatic rings. The van der Waals surface area contributed by atoms with Crippen molar-refractivity contribution < 1.29 is 46.5 Å². The van der Waals surface area contributed by atoms with E-state index in [1.807, 2.05) is 105 Å². The van der Waals surface area contributed by atoms with Gasteiger partial charge in [-0.2, -0.15) is 0 Å². The third-order valence-corrected chi connectivity index (χ3v) is 13.9. The van der Waals surface area contributed by atoms with E-state index in [0.717, 1.165) is 42.4 Å². The molecule has 10 nitrogen and oxygen atoms in total. The van der Waals surface area contributed by atoms with Gasteiger partial charge in [0.1, 0.15) is 30.2 Å². The monoisotopic (exact) mass is 794 g/mol. The number of aliphatic hydroxyl groups is 2. The van der Waals surface area contributed by atoms with Gasteiger partial charge in [-0.05, 0) is 60.1 Å². The Labute approximate surface area is 326 Å². The predicted octanol–water partition coefficient (Wildman–Crippen LogP) is 7.69. The molecule has 0 aliphatic carbocycles. The molecule has 2 N–H and O–H groups in total. The topological polar surface area (TPSA) is 138 Å². The van der Waals surface area contributed by atoms with Gasteiger partial charge in [0, 0.05) is 0 Å². The van der Waals surface area contributed by atoms with Crippen LogP contribution in [0.25, 0.3) is 0 Å². The first-order valence-electron chi connectivity index (χ1n) is 19.2. The third-order valence-electron chi connectivity index (χ3n) is 9.75. The van der Waals surface area contributed by atoms with Gasteiger partial charge < -0.3 is 33.5 Å². The molecule has 0 unspecified atom stereocenters. The number of hydrogen-bond donors (Lipinski definition) is 2. The molecule has 0 spiro atoms. The van der Waals surface area contributed by atoms with Crippen molar-refractivity contribution >= 4 is 17.4 Å². The van der Waals surface area contributed by atoms with Crippen LogP contribution in [-0.4, -0.2) is 73.1 Å². The number of hydrogen-bond acceptors (Lipinski definition) is 10. The molecule has 1 fully saturated rings. The smallest absolute Gasteiger partial charge is 0.367 e. The Morgan fingerprint density at radius 1 is 0.600 bits per heavy atom. The summed E-state index contributed by atoms with van der Waals surface area (Å²) in [5.74, 6) is 0.395. The highest BCUT2D eigenvalue weighted by molar-refractivity contribution is 7.92. The number of benzene rings is 4. The average Bonchev–Trinajstić information content (AvgIpc) is 3.25. The lowest BCUT2D eigenvalue weighted by Crippen LogP contribution is -2.49. The fourth-order valence-corrected chi connectivity index (χ4v) is 10.5. The fourth-order valence-electron chi connectivity index (χ4n) is 6.64. The number of aliphatic hydroxyl groups excluding tert-OH is 2. The molecule has 0 amide bonds. The molecule has 0 aromatic heterocycles. The molecule has 0 bridgehead atoms. The second-order valence-corrected chi connectivity index (χ2v) is 18.4. The molecule has 1 saturated heterocycles. The molecule has 4 aromatic carbocycles. The summed E-state index contributed by atoms with van der Waals surface area (Å²) in [7, 11) is -7.71. The van der Waals surface area contributed by atoms with Gasteiger partial charge in [-0.25, -0.2) is 8.42 Å². The fraction of sp³-hybridized carbons (Fsp3) is 0.442. The summed E-state index contributed by atoms with van der Waals surface area (Å²) >= 11 is 0. The zero-order valence-corrected chi connectivity index (χ0v) is 33.4. The van der Waals surface area contributed by atoms with Gasteiger partial charge in [-0.15, -0.1) is 0 Å². The van der Waals surface area contributed by atoms with E-state index in [9.17, 15) is 14.8 Å². The molecule has 0 saturated carbocycles. The number of unbranched alkanes of at least 4 members (excludes halogenated alkanes) is 2. The normalized spacial score (nSPS) is 22.5. The SMILES string of the molecule is CCCCOP(=O)(COc1cccc(CO[C@@H]2[C@H](O)[C@@H](O)[C@@H](OCc3ccccc3)[C@@H](Cc3ccccc3)S(=O)(=O)[C@@H]2Cc2ccccc2)c1)OCCCC. The van der Waals surface area contributed by atoms with Crippen LogP contribution < -0.4 is 4.74 Å². The Hall–Kier alpha value is -3.38. The highest BCUT2D eigenvalue weighted by Crippen LogP contribution is 2.48. The molecule has 1 aliphatic rings. The van der Waals surface area contributed by atoms with Crippen LogP contribution in [0.2, 0.25) is 0 Å². The minimum atomic E-state index is -4.18. The molecule has 5 rings (SSSR count). The van der Waals surface area contributed by atoms with E-state index in [1.54, 1.807) is 24.3 Å². The number of sulfone groups is 1. The molecular formula is C43H55O10PS. The first-order valence-corrected chi connectivity index (χ1v) is 22.5. The highest BCUT2D eigenvalue weighted by atomic mass is 32.2. The minimum Gasteiger partial charge on any atom is -0.481 e. The maximum atomic E-state index is 15.0. The van der Waals surface area contributed by atoms with Crippen molar-refractivity contribution in [2.45, 2.75) is 101 Å². The Kier molecular flexibility index (Phi) is 16.5. The average molecular weight is 795 g/mol. The molecular weight excluding hydrogens is 740 g/mol. The molecule has 1 aliphatic heterocycles. The number of rotatable bonds is 21. The first kappa shape index (κ1) is 42.8. The summed E-state index contributed by atoms with van der Waals surface area (Å²) < 4.78 is 73.5. The van der Waals surface area contributed by atoms with Crippen molar-refractivity contribution in [2.24, 2.45) is 0 Å². The summed E-state index contributed by atoms with van der Waals surface area (Å²) in [6, 6.07) is 34.7. The first-order chi connectivity index (χ1) is 26.6. The minimum absolute atomic E-state index is 0.0397. The van der Waals surface area contributed by atoms with Crippen LogP contribution in [0.3, 0.4) is 0 Å². The van der Waals surface area contributed by atoms with Crippen molar-refractivity contribution in [3.8, 4) is 5.75 Å². The van der Waals surface area contributed by atoms with E-state index in [4.69, 9.17) is 23.3 Å². The molecule has 298 valence electrons. The number of ether oxygens (including phenoxy) is 3. The maximum Gasteiger partial charge on any atom is 0.367 e. The van der Waals surface area contributed by atoms with Gasteiger partial charge in [0.25, 0.3) is 0 Å². The van der Waals surface area contributed by atoms with Gasteiger partial charge >= 0.3 is 7.60 Å². The summed E-state index contributed by atoms with van der Waals surface area (Å²) in [4.78, 5) is 0. The van der Waals surface area contributed by atoms with Gasteiger partial charge in [-0.3, -0.25) is 4.57 Å². The van der Waals surface area contributed by atoms with Crippen LogP contribution in [0.5, 0.6) is 5.75 Å². The van der Waals surface area contributed by atoms with E-state index >= 15 is 8.42 Å². The van der Waals surface area contributed by atoms with E-state index in [1.165, 1.54) is 0 Å². The second-order valence-electron chi connectivity index (χ2n) is 14.0.